The third-order valence-electron chi connectivity index (χ3n) is 1.92. The topological polar surface area (TPSA) is 46.5 Å². The summed E-state index contributed by atoms with van der Waals surface area (Å²) in [7, 11) is 0. The van der Waals surface area contributed by atoms with Crippen LogP contribution in [0.2, 0.25) is 5.02 Å². The lowest BCUT2D eigenvalue weighted by Crippen LogP contribution is -2.09. The number of rotatable bonds is 4. The zero-order chi connectivity index (χ0) is 11.3. The lowest BCUT2D eigenvalue weighted by molar-refractivity contribution is -0.145. The summed E-state index contributed by atoms with van der Waals surface area (Å²) >= 11 is 5.70. The first-order valence-electron chi connectivity index (χ1n) is 4.72. The monoisotopic (exact) mass is 228 g/mol. The number of aliphatic hydroxyl groups is 1. The molecule has 0 saturated carbocycles. The fourth-order valence-electron chi connectivity index (χ4n) is 1.18. The zero-order valence-corrected chi connectivity index (χ0v) is 9.20. The van der Waals surface area contributed by atoms with E-state index in [1.165, 1.54) is 0 Å². The second kappa shape index (κ2) is 5.73. The van der Waals surface area contributed by atoms with Crippen LogP contribution in [-0.4, -0.2) is 17.7 Å². The number of ether oxygens (including phenoxy) is 1. The highest BCUT2D eigenvalue weighted by Crippen LogP contribution is 2.19. The van der Waals surface area contributed by atoms with E-state index in [-0.39, 0.29) is 6.42 Å². The van der Waals surface area contributed by atoms with Gasteiger partial charge in [-0.3, -0.25) is 4.79 Å². The van der Waals surface area contributed by atoms with Gasteiger partial charge in [0.25, 0.3) is 0 Å². The summed E-state index contributed by atoms with van der Waals surface area (Å²) in [5.41, 5.74) is 0.660. The maximum atomic E-state index is 11.1. The minimum absolute atomic E-state index is 0.0323. The molecule has 1 atom stereocenters. The number of hydrogen-bond donors (Lipinski definition) is 1. The molecule has 0 fully saturated rings. The minimum Gasteiger partial charge on any atom is -0.466 e. The Kier molecular flexibility index (Phi) is 4.59. The van der Waals surface area contributed by atoms with Gasteiger partial charge in [0, 0.05) is 5.02 Å². The Labute approximate surface area is 93.6 Å². The van der Waals surface area contributed by atoms with Crippen molar-refractivity contribution in [3.05, 3.63) is 34.9 Å². The molecular formula is C11H13ClO3. The van der Waals surface area contributed by atoms with E-state index in [9.17, 15) is 9.90 Å². The highest BCUT2D eigenvalue weighted by molar-refractivity contribution is 6.30. The maximum Gasteiger partial charge on any atom is 0.308 e. The van der Waals surface area contributed by atoms with Gasteiger partial charge >= 0.3 is 5.97 Å². The van der Waals surface area contributed by atoms with E-state index in [0.717, 1.165) is 0 Å². The predicted molar refractivity (Wildman–Crippen MR) is 57.7 cm³/mol. The maximum absolute atomic E-state index is 11.1. The van der Waals surface area contributed by atoms with Crippen LogP contribution in [0.3, 0.4) is 0 Å². The summed E-state index contributed by atoms with van der Waals surface area (Å²) in [4.78, 5) is 11.1. The van der Waals surface area contributed by atoms with Crippen molar-refractivity contribution >= 4 is 17.6 Å². The molecule has 0 bridgehead atoms. The minimum atomic E-state index is -0.832. The summed E-state index contributed by atoms with van der Waals surface area (Å²) in [5.74, 6) is -0.403. The number of halogens is 1. The van der Waals surface area contributed by atoms with E-state index < -0.39 is 12.1 Å². The Hall–Kier alpha value is -1.06. The summed E-state index contributed by atoms with van der Waals surface area (Å²) in [6.07, 6.45) is -0.864. The van der Waals surface area contributed by atoms with E-state index in [2.05, 4.69) is 0 Å². The van der Waals surface area contributed by atoms with E-state index in [1.807, 2.05) is 0 Å². The molecule has 4 heteroatoms. The van der Waals surface area contributed by atoms with Crippen molar-refractivity contribution in [3.8, 4) is 0 Å². The number of benzene rings is 1. The average molecular weight is 229 g/mol. The van der Waals surface area contributed by atoms with Gasteiger partial charge in [0.2, 0.25) is 0 Å². The Balaban J connectivity index is 2.57. The average Bonchev–Trinajstić information content (AvgIpc) is 2.18. The van der Waals surface area contributed by atoms with Gasteiger partial charge in [-0.2, -0.15) is 0 Å². The third-order valence-corrected chi connectivity index (χ3v) is 2.17. The lowest BCUT2D eigenvalue weighted by atomic mass is 10.1. The molecule has 0 heterocycles. The van der Waals surface area contributed by atoms with Gasteiger partial charge in [0.1, 0.15) is 0 Å². The highest BCUT2D eigenvalue weighted by Gasteiger charge is 2.13. The van der Waals surface area contributed by atoms with Gasteiger partial charge in [-0.15, -0.1) is 0 Å². The van der Waals surface area contributed by atoms with Crippen LogP contribution in [0.15, 0.2) is 24.3 Å². The number of hydrogen-bond acceptors (Lipinski definition) is 3. The van der Waals surface area contributed by atoms with Crippen molar-refractivity contribution in [1.29, 1.82) is 0 Å². The second-order valence-corrected chi connectivity index (χ2v) is 3.51. The molecule has 82 valence electrons. The Bertz CT molecular complexity index is 321. The van der Waals surface area contributed by atoms with Crippen LogP contribution >= 0.6 is 11.6 Å². The van der Waals surface area contributed by atoms with Crippen LogP contribution in [0.5, 0.6) is 0 Å². The molecule has 15 heavy (non-hydrogen) atoms. The normalized spacial score (nSPS) is 12.2. The van der Waals surface area contributed by atoms with Crippen molar-refractivity contribution in [3.63, 3.8) is 0 Å². The van der Waals surface area contributed by atoms with Crippen LogP contribution in [0, 0.1) is 0 Å². The molecule has 0 radical (unpaired) electrons. The summed E-state index contributed by atoms with van der Waals surface area (Å²) in [6, 6.07) is 6.72. The molecule has 1 N–H and O–H groups in total. The number of aliphatic hydroxyl groups excluding tert-OH is 1. The molecular weight excluding hydrogens is 216 g/mol. The van der Waals surface area contributed by atoms with Crippen LogP contribution in [0.1, 0.15) is 25.0 Å². The molecule has 0 saturated heterocycles. The summed E-state index contributed by atoms with van der Waals surface area (Å²) in [5, 5.41) is 10.3. The first-order valence-corrected chi connectivity index (χ1v) is 5.10. The molecule has 0 amide bonds. The number of carbonyl (C=O) groups is 1. The molecule has 0 aliphatic rings. The van der Waals surface area contributed by atoms with Gasteiger partial charge < -0.3 is 9.84 Å². The fraction of sp³-hybridized carbons (Fsp3) is 0.364. The number of carbonyl (C=O) groups excluding carboxylic acids is 1. The van der Waals surface area contributed by atoms with Gasteiger partial charge in [0.15, 0.2) is 0 Å². The smallest absolute Gasteiger partial charge is 0.308 e. The molecule has 0 unspecified atom stereocenters. The van der Waals surface area contributed by atoms with Gasteiger partial charge in [-0.05, 0) is 24.6 Å². The standard InChI is InChI=1S/C11H13ClO3/c1-2-15-11(14)7-10(13)8-3-5-9(12)6-4-8/h3-6,10,13H,2,7H2,1H3/t10-/m0/s1. The third kappa shape index (κ3) is 3.90. The van der Waals surface area contributed by atoms with Gasteiger partial charge in [0.05, 0.1) is 19.1 Å². The molecule has 3 nitrogen and oxygen atoms in total. The molecule has 0 aliphatic carbocycles. The second-order valence-electron chi connectivity index (χ2n) is 3.08. The van der Waals surface area contributed by atoms with Crippen molar-refractivity contribution in [1.82, 2.24) is 0 Å². The first-order chi connectivity index (χ1) is 7.13. The summed E-state index contributed by atoms with van der Waals surface area (Å²) < 4.78 is 4.73. The predicted octanol–water partition coefficient (Wildman–Crippen LogP) is 2.33. The van der Waals surface area contributed by atoms with Gasteiger partial charge in [-0.25, -0.2) is 0 Å². The van der Waals surface area contributed by atoms with Crippen molar-refractivity contribution in [2.75, 3.05) is 6.61 Å². The van der Waals surface area contributed by atoms with Crippen LogP contribution in [-0.2, 0) is 9.53 Å². The summed E-state index contributed by atoms with van der Waals surface area (Å²) in [6.45, 7) is 2.05. The first kappa shape index (κ1) is 12.0. The largest absolute Gasteiger partial charge is 0.466 e. The Morgan fingerprint density at radius 1 is 1.47 bits per heavy atom. The molecule has 0 aliphatic heterocycles. The molecule has 1 aromatic carbocycles. The zero-order valence-electron chi connectivity index (χ0n) is 8.44. The highest BCUT2D eigenvalue weighted by atomic mass is 35.5. The van der Waals surface area contributed by atoms with Crippen LogP contribution < -0.4 is 0 Å². The molecule has 0 spiro atoms. The van der Waals surface area contributed by atoms with E-state index >= 15 is 0 Å². The quantitative estimate of drug-likeness (QED) is 0.805. The fourth-order valence-corrected chi connectivity index (χ4v) is 1.31. The van der Waals surface area contributed by atoms with E-state index in [4.69, 9.17) is 16.3 Å². The molecule has 0 aromatic heterocycles. The van der Waals surface area contributed by atoms with Crippen molar-refractivity contribution in [2.24, 2.45) is 0 Å². The Morgan fingerprint density at radius 3 is 2.60 bits per heavy atom. The van der Waals surface area contributed by atoms with Crippen molar-refractivity contribution < 1.29 is 14.6 Å². The Morgan fingerprint density at radius 2 is 2.07 bits per heavy atom. The van der Waals surface area contributed by atoms with E-state index in [1.54, 1.807) is 31.2 Å². The van der Waals surface area contributed by atoms with Crippen molar-refractivity contribution in [2.45, 2.75) is 19.4 Å². The molecule has 1 rings (SSSR count). The van der Waals surface area contributed by atoms with Crippen LogP contribution in [0.25, 0.3) is 0 Å². The number of esters is 1. The lowest BCUT2D eigenvalue weighted by Gasteiger charge is -2.09. The van der Waals surface area contributed by atoms with Gasteiger partial charge in [-0.1, -0.05) is 23.7 Å². The SMILES string of the molecule is CCOC(=O)C[C@H](O)c1ccc(Cl)cc1. The van der Waals surface area contributed by atoms with E-state index in [0.29, 0.717) is 17.2 Å². The molecule has 1 aromatic rings. The van der Waals surface area contributed by atoms with Crippen LogP contribution in [0.4, 0.5) is 0 Å².